The van der Waals surface area contributed by atoms with Gasteiger partial charge in [0.25, 0.3) is 5.91 Å². The Morgan fingerprint density at radius 2 is 2.29 bits per heavy atom. The standard InChI is InChI=1S/C16H21NO3S/c1-11-10-15(21-14(11)4-3-7-18)16(19)17-12(2)13-5-8-20-9-6-13/h10,12-13,18H,5-9H2,1-2H3,(H,17,19). The molecule has 0 radical (unpaired) electrons. The van der Waals surface area contributed by atoms with Crippen LogP contribution in [0.5, 0.6) is 0 Å². The maximum atomic E-state index is 12.3. The molecule has 21 heavy (non-hydrogen) atoms. The van der Waals surface area contributed by atoms with E-state index < -0.39 is 0 Å². The monoisotopic (exact) mass is 307 g/mol. The smallest absolute Gasteiger partial charge is 0.261 e. The lowest BCUT2D eigenvalue weighted by atomic mass is 9.93. The summed E-state index contributed by atoms with van der Waals surface area (Å²) in [5.74, 6) is 5.94. The Kier molecular flexibility index (Phi) is 5.80. The van der Waals surface area contributed by atoms with E-state index in [1.807, 2.05) is 13.0 Å². The predicted octanol–water partition coefficient (Wildman–Crippen LogP) is 1.95. The van der Waals surface area contributed by atoms with Crippen LogP contribution in [-0.2, 0) is 4.74 Å². The van der Waals surface area contributed by atoms with Crippen molar-refractivity contribution < 1.29 is 14.6 Å². The number of aliphatic hydroxyl groups is 1. The molecule has 1 aliphatic rings. The second-order valence-electron chi connectivity index (χ2n) is 5.29. The molecule has 0 spiro atoms. The fourth-order valence-electron chi connectivity index (χ4n) is 2.45. The van der Waals surface area contributed by atoms with E-state index in [2.05, 4.69) is 24.1 Å². The fraction of sp³-hybridized carbons (Fsp3) is 0.562. The highest BCUT2D eigenvalue weighted by atomic mass is 32.1. The molecule has 1 saturated heterocycles. The summed E-state index contributed by atoms with van der Waals surface area (Å²) in [6, 6.07) is 2.01. The van der Waals surface area contributed by atoms with Gasteiger partial charge in [-0.1, -0.05) is 11.8 Å². The van der Waals surface area contributed by atoms with Gasteiger partial charge in [-0.15, -0.1) is 11.3 Å². The van der Waals surface area contributed by atoms with Gasteiger partial charge in [0, 0.05) is 19.3 Å². The summed E-state index contributed by atoms with van der Waals surface area (Å²) in [6.45, 7) is 5.38. The van der Waals surface area contributed by atoms with Crippen molar-refractivity contribution in [1.29, 1.82) is 0 Å². The van der Waals surface area contributed by atoms with E-state index >= 15 is 0 Å². The highest BCUT2D eigenvalue weighted by molar-refractivity contribution is 7.14. The largest absolute Gasteiger partial charge is 0.384 e. The number of carbonyl (C=O) groups excluding carboxylic acids is 1. The van der Waals surface area contributed by atoms with Crippen LogP contribution in [0.15, 0.2) is 6.07 Å². The van der Waals surface area contributed by atoms with Crippen LogP contribution in [0, 0.1) is 24.7 Å². The average Bonchev–Trinajstić information content (AvgIpc) is 2.87. The zero-order chi connectivity index (χ0) is 15.2. The molecule has 0 bridgehead atoms. The summed E-state index contributed by atoms with van der Waals surface area (Å²) in [5.41, 5.74) is 0.977. The molecule has 1 unspecified atom stereocenters. The van der Waals surface area contributed by atoms with Crippen LogP contribution in [0.2, 0.25) is 0 Å². The summed E-state index contributed by atoms with van der Waals surface area (Å²) in [4.78, 5) is 13.8. The first-order chi connectivity index (χ1) is 10.1. The van der Waals surface area contributed by atoms with Gasteiger partial charge in [0.1, 0.15) is 6.61 Å². The number of aryl methyl sites for hydroxylation is 1. The second kappa shape index (κ2) is 7.60. The molecule has 1 amide bonds. The normalized spacial score (nSPS) is 16.9. The number of aliphatic hydroxyl groups excluding tert-OH is 1. The molecule has 1 fully saturated rings. The van der Waals surface area contributed by atoms with Crippen LogP contribution < -0.4 is 5.32 Å². The molecule has 1 atom stereocenters. The minimum Gasteiger partial charge on any atom is -0.384 e. The number of hydrogen-bond acceptors (Lipinski definition) is 4. The van der Waals surface area contributed by atoms with Gasteiger partial charge in [0.05, 0.1) is 9.75 Å². The Morgan fingerprint density at radius 1 is 1.57 bits per heavy atom. The number of amides is 1. The molecular weight excluding hydrogens is 286 g/mol. The molecule has 1 aromatic rings. The van der Waals surface area contributed by atoms with E-state index in [0.717, 1.165) is 36.5 Å². The van der Waals surface area contributed by atoms with Gasteiger partial charge in [0.15, 0.2) is 0 Å². The van der Waals surface area contributed by atoms with Crippen LogP contribution >= 0.6 is 11.3 Å². The second-order valence-corrected chi connectivity index (χ2v) is 6.35. The van der Waals surface area contributed by atoms with Gasteiger partial charge < -0.3 is 15.2 Å². The van der Waals surface area contributed by atoms with Crippen molar-refractivity contribution in [2.24, 2.45) is 5.92 Å². The van der Waals surface area contributed by atoms with E-state index in [1.165, 1.54) is 11.3 Å². The van der Waals surface area contributed by atoms with Crippen molar-refractivity contribution in [2.75, 3.05) is 19.8 Å². The average molecular weight is 307 g/mol. The highest BCUT2D eigenvalue weighted by Crippen LogP contribution is 2.23. The van der Waals surface area contributed by atoms with Gasteiger partial charge >= 0.3 is 0 Å². The molecule has 4 nitrogen and oxygen atoms in total. The lowest BCUT2D eigenvalue weighted by Gasteiger charge is -2.28. The zero-order valence-corrected chi connectivity index (χ0v) is 13.3. The molecule has 0 saturated carbocycles. The molecule has 1 aromatic heterocycles. The first-order valence-electron chi connectivity index (χ1n) is 7.20. The van der Waals surface area contributed by atoms with Gasteiger partial charge in [-0.05, 0) is 44.2 Å². The number of nitrogens with one attached hydrogen (secondary N) is 1. The number of thiophene rings is 1. The van der Waals surface area contributed by atoms with Gasteiger partial charge in [-0.3, -0.25) is 4.79 Å². The zero-order valence-electron chi connectivity index (χ0n) is 12.4. The quantitative estimate of drug-likeness (QED) is 0.839. The Morgan fingerprint density at radius 3 is 2.95 bits per heavy atom. The molecule has 5 heteroatoms. The van der Waals surface area contributed by atoms with Gasteiger partial charge in [0.2, 0.25) is 0 Å². The molecule has 2 heterocycles. The van der Waals surface area contributed by atoms with Crippen LogP contribution in [0.25, 0.3) is 0 Å². The SMILES string of the molecule is Cc1cc(C(=O)NC(C)C2CCOCC2)sc1C#CCO. The third-order valence-corrected chi connectivity index (χ3v) is 4.91. The van der Waals surface area contributed by atoms with E-state index in [0.29, 0.717) is 10.8 Å². The molecule has 2 rings (SSSR count). The van der Waals surface area contributed by atoms with Crippen molar-refractivity contribution in [3.05, 3.63) is 21.4 Å². The van der Waals surface area contributed by atoms with E-state index in [9.17, 15) is 4.79 Å². The molecule has 114 valence electrons. The Hall–Kier alpha value is -1.35. The minimum absolute atomic E-state index is 0.0425. The number of hydrogen-bond donors (Lipinski definition) is 2. The maximum Gasteiger partial charge on any atom is 0.261 e. The lowest BCUT2D eigenvalue weighted by molar-refractivity contribution is 0.0539. The number of carbonyl (C=O) groups is 1. The van der Waals surface area contributed by atoms with E-state index in [4.69, 9.17) is 9.84 Å². The lowest BCUT2D eigenvalue weighted by Crippen LogP contribution is -2.40. The predicted molar refractivity (Wildman–Crippen MR) is 83.5 cm³/mol. The van der Waals surface area contributed by atoms with Gasteiger partial charge in [-0.25, -0.2) is 0 Å². The maximum absolute atomic E-state index is 12.3. The first-order valence-corrected chi connectivity index (χ1v) is 8.02. The van der Waals surface area contributed by atoms with Crippen molar-refractivity contribution in [2.45, 2.75) is 32.7 Å². The third kappa shape index (κ3) is 4.31. The topological polar surface area (TPSA) is 58.6 Å². The van der Waals surface area contributed by atoms with Crippen LogP contribution in [0.4, 0.5) is 0 Å². The van der Waals surface area contributed by atoms with Crippen molar-refractivity contribution in [1.82, 2.24) is 5.32 Å². The Bertz CT molecular complexity index is 550. The summed E-state index contributed by atoms with van der Waals surface area (Å²) < 4.78 is 5.35. The summed E-state index contributed by atoms with van der Waals surface area (Å²) >= 11 is 1.37. The minimum atomic E-state index is -0.167. The third-order valence-electron chi connectivity index (χ3n) is 3.75. The summed E-state index contributed by atoms with van der Waals surface area (Å²) in [6.07, 6.45) is 2.00. The van der Waals surface area contributed by atoms with Crippen molar-refractivity contribution >= 4 is 17.2 Å². The molecule has 1 aliphatic heterocycles. The Labute approximate surface area is 129 Å². The number of rotatable bonds is 3. The van der Waals surface area contributed by atoms with Crippen LogP contribution in [-0.4, -0.2) is 36.9 Å². The van der Waals surface area contributed by atoms with Crippen molar-refractivity contribution in [3.8, 4) is 11.8 Å². The Balaban J connectivity index is 1.99. The molecule has 0 aliphatic carbocycles. The first kappa shape index (κ1) is 16.0. The van der Waals surface area contributed by atoms with Crippen LogP contribution in [0.3, 0.4) is 0 Å². The fourth-order valence-corrected chi connectivity index (χ4v) is 3.40. The molecular formula is C16H21NO3S. The van der Waals surface area contributed by atoms with E-state index in [1.54, 1.807) is 0 Å². The van der Waals surface area contributed by atoms with Crippen LogP contribution in [0.1, 0.15) is 39.9 Å². The van der Waals surface area contributed by atoms with Crippen molar-refractivity contribution in [3.63, 3.8) is 0 Å². The molecule has 0 aromatic carbocycles. The van der Waals surface area contributed by atoms with Gasteiger partial charge in [-0.2, -0.15) is 0 Å². The van der Waals surface area contributed by atoms with E-state index in [-0.39, 0.29) is 18.6 Å². The molecule has 2 N–H and O–H groups in total. The highest BCUT2D eigenvalue weighted by Gasteiger charge is 2.23. The number of ether oxygens (including phenoxy) is 1. The summed E-state index contributed by atoms with van der Waals surface area (Å²) in [7, 11) is 0. The summed E-state index contributed by atoms with van der Waals surface area (Å²) in [5, 5.41) is 11.8.